The van der Waals surface area contributed by atoms with Crippen LogP contribution >= 0.6 is 0 Å². The largest absolute Gasteiger partial charge is 0.465 e. The predicted molar refractivity (Wildman–Crippen MR) is 96.8 cm³/mol. The minimum Gasteiger partial charge on any atom is -0.465 e. The maximum Gasteiger partial charge on any atom is 0.339 e. The van der Waals surface area contributed by atoms with E-state index < -0.39 is 11.9 Å². The summed E-state index contributed by atoms with van der Waals surface area (Å²) in [7, 11) is 1.24. The van der Waals surface area contributed by atoms with E-state index in [1.807, 2.05) is 0 Å². The lowest BCUT2D eigenvalue weighted by atomic mass is 10.1. The maximum absolute atomic E-state index is 12.4. The quantitative estimate of drug-likeness (QED) is 0.548. The molecule has 1 aliphatic heterocycles. The van der Waals surface area contributed by atoms with Gasteiger partial charge in [0.1, 0.15) is 0 Å². The first kappa shape index (κ1) is 18.4. The minimum atomic E-state index is -0.617. The van der Waals surface area contributed by atoms with Crippen LogP contribution in [0.15, 0.2) is 18.2 Å². The lowest BCUT2D eigenvalue weighted by molar-refractivity contribution is -0.115. The third-order valence-electron chi connectivity index (χ3n) is 4.48. The molecule has 0 radical (unpaired) electrons. The van der Waals surface area contributed by atoms with Gasteiger partial charge in [0.2, 0.25) is 5.91 Å². The van der Waals surface area contributed by atoms with Crippen molar-refractivity contribution in [2.45, 2.75) is 26.8 Å². The van der Waals surface area contributed by atoms with Crippen molar-refractivity contribution in [3.8, 4) is 0 Å². The van der Waals surface area contributed by atoms with Crippen molar-refractivity contribution >= 4 is 29.3 Å². The third-order valence-corrected chi connectivity index (χ3v) is 4.48. The fourth-order valence-electron chi connectivity index (χ4n) is 3.18. The Bertz CT molecular complexity index is 974. The number of esters is 1. The molecule has 0 saturated heterocycles. The van der Waals surface area contributed by atoms with Gasteiger partial charge in [-0.2, -0.15) is 0 Å². The van der Waals surface area contributed by atoms with Gasteiger partial charge in [0.05, 0.1) is 24.8 Å². The number of rotatable bonds is 5. The zero-order valence-corrected chi connectivity index (χ0v) is 15.2. The van der Waals surface area contributed by atoms with Crippen LogP contribution in [0, 0.1) is 6.92 Å². The van der Waals surface area contributed by atoms with Crippen molar-refractivity contribution in [2.75, 3.05) is 12.4 Å². The van der Waals surface area contributed by atoms with E-state index >= 15 is 0 Å². The van der Waals surface area contributed by atoms with Crippen LogP contribution in [0.25, 0.3) is 0 Å². The number of aromatic amines is 1. The van der Waals surface area contributed by atoms with Crippen molar-refractivity contribution in [3.63, 3.8) is 0 Å². The molecule has 3 N–H and O–H groups in total. The second kappa shape index (κ2) is 7.06. The average molecular weight is 369 g/mol. The molecule has 2 heterocycles. The molecule has 8 heteroatoms. The molecule has 0 spiro atoms. The second-order valence-corrected chi connectivity index (χ2v) is 6.31. The van der Waals surface area contributed by atoms with E-state index in [9.17, 15) is 19.2 Å². The summed E-state index contributed by atoms with van der Waals surface area (Å²) in [5.41, 5.74) is 3.09. The number of carbonyl (C=O) groups is 4. The van der Waals surface area contributed by atoms with Crippen LogP contribution in [0.4, 0.5) is 5.69 Å². The first-order chi connectivity index (χ1) is 12.8. The topological polar surface area (TPSA) is 117 Å². The number of ether oxygens (including phenoxy) is 1. The SMILES string of the molecule is COC(=O)c1c(CC(=O)Nc2ccc3c(c2)C(=O)NC3)[nH]c(C(C)=O)c1C. The standard InChI is InChI=1S/C19H19N3O5/c1-9-16(19(26)27-3)14(22-17(9)10(2)23)7-15(24)21-12-5-4-11-8-20-18(25)13(11)6-12/h4-6,22H,7-8H2,1-3H3,(H,20,25)(H,21,24). The number of amides is 2. The van der Waals surface area contributed by atoms with Gasteiger partial charge in [0.15, 0.2) is 5.78 Å². The molecular weight excluding hydrogens is 350 g/mol. The van der Waals surface area contributed by atoms with Crippen LogP contribution in [-0.4, -0.2) is 35.7 Å². The van der Waals surface area contributed by atoms with Gasteiger partial charge in [0.25, 0.3) is 5.91 Å². The smallest absolute Gasteiger partial charge is 0.339 e. The molecule has 140 valence electrons. The van der Waals surface area contributed by atoms with Crippen molar-refractivity contribution < 1.29 is 23.9 Å². The minimum absolute atomic E-state index is 0.151. The van der Waals surface area contributed by atoms with Crippen LogP contribution in [0.3, 0.4) is 0 Å². The Hall–Kier alpha value is -3.42. The summed E-state index contributed by atoms with van der Waals surface area (Å²) >= 11 is 0. The molecule has 27 heavy (non-hydrogen) atoms. The maximum atomic E-state index is 12.4. The highest BCUT2D eigenvalue weighted by Gasteiger charge is 2.25. The number of nitrogens with one attached hydrogen (secondary N) is 3. The van der Waals surface area contributed by atoms with E-state index in [0.717, 1.165) is 5.56 Å². The fraction of sp³-hybridized carbons (Fsp3) is 0.263. The summed E-state index contributed by atoms with van der Waals surface area (Å²) in [5, 5.41) is 5.42. The number of hydrogen-bond acceptors (Lipinski definition) is 5. The molecule has 1 aromatic heterocycles. The fourth-order valence-corrected chi connectivity index (χ4v) is 3.18. The number of fused-ring (bicyclic) bond motifs is 1. The molecule has 0 bridgehead atoms. The normalized spacial score (nSPS) is 12.3. The zero-order chi connectivity index (χ0) is 19.7. The van der Waals surface area contributed by atoms with E-state index in [4.69, 9.17) is 4.74 Å². The Kier molecular flexibility index (Phi) is 4.81. The Morgan fingerprint density at radius 1 is 1.26 bits per heavy atom. The zero-order valence-electron chi connectivity index (χ0n) is 15.2. The molecule has 1 aliphatic rings. The second-order valence-electron chi connectivity index (χ2n) is 6.31. The summed E-state index contributed by atoms with van der Waals surface area (Å²) in [6, 6.07) is 5.09. The van der Waals surface area contributed by atoms with Crippen LogP contribution < -0.4 is 10.6 Å². The molecule has 0 saturated carbocycles. The summed E-state index contributed by atoms with van der Waals surface area (Å²) in [6.45, 7) is 3.47. The lowest BCUT2D eigenvalue weighted by Crippen LogP contribution is -2.17. The van der Waals surface area contributed by atoms with Gasteiger partial charge in [-0.05, 0) is 30.2 Å². The molecule has 8 nitrogen and oxygen atoms in total. The van der Waals surface area contributed by atoms with Crippen LogP contribution in [0.2, 0.25) is 0 Å². The number of hydrogen-bond donors (Lipinski definition) is 3. The van der Waals surface area contributed by atoms with Crippen molar-refractivity contribution in [1.82, 2.24) is 10.3 Å². The van der Waals surface area contributed by atoms with E-state index in [0.29, 0.717) is 29.1 Å². The number of anilines is 1. The number of aromatic nitrogens is 1. The molecule has 0 atom stereocenters. The van der Waals surface area contributed by atoms with E-state index in [1.54, 1.807) is 25.1 Å². The van der Waals surface area contributed by atoms with Gasteiger partial charge in [-0.1, -0.05) is 6.07 Å². The molecule has 0 unspecified atom stereocenters. The Morgan fingerprint density at radius 2 is 2.00 bits per heavy atom. The Labute approximate surface area is 155 Å². The van der Waals surface area contributed by atoms with Crippen LogP contribution in [0.5, 0.6) is 0 Å². The Balaban J connectivity index is 1.83. The molecule has 1 aromatic carbocycles. The van der Waals surface area contributed by atoms with Gasteiger partial charge < -0.3 is 20.4 Å². The molecule has 3 rings (SSSR count). The molecule has 2 aromatic rings. The van der Waals surface area contributed by atoms with E-state index in [1.165, 1.54) is 14.0 Å². The summed E-state index contributed by atoms with van der Waals surface area (Å²) in [5.74, 6) is -1.43. The average Bonchev–Trinajstić information content (AvgIpc) is 3.14. The number of ketones is 1. The van der Waals surface area contributed by atoms with Crippen LogP contribution in [0.1, 0.15) is 54.9 Å². The van der Waals surface area contributed by atoms with Crippen LogP contribution in [-0.2, 0) is 22.5 Å². The molecular formula is C19H19N3O5. The highest BCUT2D eigenvalue weighted by molar-refractivity contribution is 6.03. The molecule has 0 fully saturated rings. The summed E-state index contributed by atoms with van der Waals surface area (Å²) in [6.07, 6.45) is -0.151. The number of Topliss-reactive ketones (excluding diaryl/α,β-unsaturated/α-hetero) is 1. The van der Waals surface area contributed by atoms with Crippen molar-refractivity contribution in [2.24, 2.45) is 0 Å². The first-order valence-electron chi connectivity index (χ1n) is 8.33. The number of methoxy groups -OCH3 is 1. The van der Waals surface area contributed by atoms with Crippen molar-refractivity contribution in [3.05, 3.63) is 51.8 Å². The Morgan fingerprint density at radius 3 is 2.67 bits per heavy atom. The van der Waals surface area contributed by atoms with Crippen molar-refractivity contribution in [1.29, 1.82) is 0 Å². The molecule has 0 aliphatic carbocycles. The highest BCUT2D eigenvalue weighted by atomic mass is 16.5. The van der Waals surface area contributed by atoms with E-state index in [2.05, 4.69) is 15.6 Å². The first-order valence-corrected chi connectivity index (χ1v) is 8.33. The summed E-state index contributed by atoms with van der Waals surface area (Å²) in [4.78, 5) is 50.8. The number of carbonyl (C=O) groups excluding carboxylic acids is 4. The van der Waals surface area contributed by atoms with Gasteiger partial charge in [0, 0.05) is 30.4 Å². The van der Waals surface area contributed by atoms with E-state index in [-0.39, 0.29) is 29.4 Å². The third kappa shape index (κ3) is 3.46. The monoisotopic (exact) mass is 369 g/mol. The highest BCUT2D eigenvalue weighted by Crippen LogP contribution is 2.23. The van der Waals surface area contributed by atoms with Gasteiger partial charge in [-0.3, -0.25) is 14.4 Å². The predicted octanol–water partition coefficient (Wildman–Crippen LogP) is 1.74. The molecule has 2 amide bonds. The number of H-pyrrole nitrogens is 1. The summed E-state index contributed by atoms with van der Waals surface area (Å²) < 4.78 is 4.77. The van der Waals surface area contributed by atoms with Gasteiger partial charge in [-0.15, -0.1) is 0 Å². The van der Waals surface area contributed by atoms with Gasteiger partial charge >= 0.3 is 5.97 Å². The van der Waals surface area contributed by atoms with Gasteiger partial charge in [-0.25, -0.2) is 4.79 Å². The number of benzene rings is 1. The lowest BCUT2D eigenvalue weighted by Gasteiger charge is -2.07.